The van der Waals surface area contributed by atoms with E-state index in [1.807, 2.05) is 12.1 Å². The molecule has 0 spiro atoms. The number of para-hydroxylation sites is 2. The summed E-state index contributed by atoms with van der Waals surface area (Å²) in [6, 6.07) is 48.4. The number of aromatic nitrogens is 2. The number of nitrogens with zero attached hydrogens (tertiary/aromatic N) is 3. The highest BCUT2D eigenvalue weighted by Gasteiger charge is 2.20. The van der Waals surface area contributed by atoms with Crippen molar-refractivity contribution in [2.75, 3.05) is 0 Å². The number of benzene rings is 6. The highest BCUT2D eigenvalue weighted by Crippen LogP contribution is 2.38. The van der Waals surface area contributed by atoms with E-state index < -0.39 is 0 Å². The second-order valence-corrected chi connectivity index (χ2v) is 15.1. The van der Waals surface area contributed by atoms with E-state index in [4.69, 9.17) is 0 Å². The van der Waals surface area contributed by atoms with Gasteiger partial charge in [-0.2, -0.15) is 5.26 Å². The Morgan fingerprint density at radius 1 is 0.438 bits per heavy atom. The van der Waals surface area contributed by atoms with Gasteiger partial charge in [0, 0.05) is 32.9 Å². The Kier molecular flexibility index (Phi) is 6.65. The summed E-state index contributed by atoms with van der Waals surface area (Å²) >= 11 is 0. The molecule has 0 aliphatic heterocycles. The minimum absolute atomic E-state index is 0.0477. The van der Waals surface area contributed by atoms with Gasteiger partial charge in [0.2, 0.25) is 0 Å². The molecule has 0 saturated carbocycles. The Balaban J connectivity index is 1.26. The van der Waals surface area contributed by atoms with Crippen LogP contribution in [0.25, 0.3) is 66.1 Å². The molecule has 0 N–H and O–H groups in total. The maximum atomic E-state index is 10.2. The zero-order chi connectivity index (χ0) is 33.4. The molecule has 0 fully saturated rings. The fourth-order valence-corrected chi connectivity index (χ4v) is 7.21. The van der Waals surface area contributed by atoms with Gasteiger partial charge < -0.3 is 9.13 Å². The van der Waals surface area contributed by atoms with Crippen LogP contribution in [-0.4, -0.2) is 9.13 Å². The van der Waals surface area contributed by atoms with Crippen LogP contribution in [0.5, 0.6) is 0 Å². The van der Waals surface area contributed by atoms with E-state index in [0.29, 0.717) is 5.56 Å². The van der Waals surface area contributed by atoms with E-state index in [0.717, 1.165) is 33.5 Å². The minimum Gasteiger partial charge on any atom is -0.309 e. The van der Waals surface area contributed by atoms with Crippen molar-refractivity contribution in [2.24, 2.45) is 0 Å². The molecule has 2 aromatic heterocycles. The first-order valence-corrected chi connectivity index (χ1v) is 16.7. The largest absolute Gasteiger partial charge is 0.309 e. The minimum atomic E-state index is 0.0477. The van der Waals surface area contributed by atoms with Crippen molar-refractivity contribution in [3.05, 3.63) is 144 Å². The van der Waals surface area contributed by atoms with E-state index in [1.54, 1.807) is 0 Å². The van der Waals surface area contributed by atoms with Crippen molar-refractivity contribution in [3.8, 4) is 28.6 Å². The fraction of sp³-hybridized carbons (Fsp3) is 0.178. The van der Waals surface area contributed by atoms with Crippen LogP contribution in [0.2, 0.25) is 0 Å². The molecule has 0 atom stereocenters. The van der Waals surface area contributed by atoms with E-state index in [9.17, 15) is 5.26 Å². The molecule has 0 bridgehead atoms. The van der Waals surface area contributed by atoms with Crippen molar-refractivity contribution >= 4 is 43.6 Å². The molecule has 2 heterocycles. The van der Waals surface area contributed by atoms with Crippen molar-refractivity contribution in [1.82, 2.24) is 9.13 Å². The summed E-state index contributed by atoms with van der Waals surface area (Å²) in [7, 11) is 0. The normalized spacial score (nSPS) is 12.4. The zero-order valence-electron chi connectivity index (χ0n) is 28.5. The smallest absolute Gasteiger partial charge is 0.0992 e. The number of nitriles is 1. The van der Waals surface area contributed by atoms with Crippen molar-refractivity contribution < 1.29 is 0 Å². The van der Waals surface area contributed by atoms with E-state index in [2.05, 4.69) is 172 Å². The van der Waals surface area contributed by atoms with Gasteiger partial charge >= 0.3 is 0 Å². The van der Waals surface area contributed by atoms with Gasteiger partial charge in [-0.25, -0.2) is 0 Å². The number of fused-ring (bicyclic) bond motifs is 6. The average Bonchev–Trinajstić information content (AvgIpc) is 3.59. The summed E-state index contributed by atoms with van der Waals surface area (Å²) in [5, 5.41) is 15.1. The number of rotatable bonds is 3. The second kappa shape index (κ2) is 10.7. The third-order valence-corrected chi connectivity index (χ3v) is 9.84. The van der Waals surface area contributed by atoms with Gasteiger partial charge in [-0.15, -0.1) is 0 Å². The molecule has 8 rings (SSSR count). The highest BCUT2D eigenvalue weighted by atomic mass is 15.0. The first kappa shape index (κ1) is 29.8. The fourth-order valence-electron chi connectivity index (χ4n) is 7.21. The number of hydrogen-bond acceptors (Lipinski definition) is 1. The maximum Gasteiger partial charge on any atom is 0.0992 e. The third-order valence-electron chi connectivity index (χ3n) is 9.84. The first-order valence-electron chi connectivity index (χ1n) is 16.7. The molecule has 0 aliphatic carbocycles. The Labute approximate surface area is 282 Å². The molecule has 8 aromatic rings. The van der Waals surface area contributed by atoms with Gasteiger partial charge in [0.05, 0.1) is 33.7 Å². The average molecular weight is 622 g/mol. The highest BCUT2D eigenvalue weighted by molar-refractivity contribution is 6.10. The Morgan fingerprint density at radius 2 is 0.917 bits per heavy atom. The summed E-state index contributed by atoms with van der Waals surface area (Å²) in [5.74, 6) is 0. The van der Waals surface area contributed by atoms with Crippen molar-refractivity contribution in [2.45, 2.75) is 52.4 Å². The van der Waals surface area contributed by atoms with Gasteiger partial charge in [0.1, 0.15) is 0 Å². The molecule has 0 aliphatic rings. The molecule has 234 valence electrons. The van der Waals surface area contributed by atoms with Crippen LogP contribution < -0.4 is 0 Å². The van der Waals surface area contributed by atoms with Gasteiger partial charge in [-0.1, -0.05) is 102 Å². The summed E-state index contributed by atoms with van der Waals surface area (Å²) in [4.78, 5) is 0. The number of hydrogen-bond donors (Lipinski definition) is 0. The maximum absolute atomic E-state index is 10.2. The standard InChI is InChI=1S/C45H39N3/c1-44(2,3)32-17-21-42-38(26-32)36-11-7-9-13-40(36)47(42)34-19-15-30(16-20-34)31-23-29(28-46)24-35(25-31)48-41-14-10-8-12-37(41)39-27-33(45(4,5)6)18-22-43(39)48/h7-27H,1-6H3. The van der Waals surface area contributed by atoms with Crippen LogP contribution in [-0.2, 0) is 10.8 Å². The topological polar surface area (TPSA) is 33.6 Å². The first-order chi connectivity index (χ1) is 23.0. The van der Waals surface area contributed by atoms with Gasteiger partial charge in [0.15, 0.2) is 0 Å². The van der Waals surface area contributed by atoms with Gasteiger partial charge in [0.25, 0.3) is 0 Å². The molecular formula is C45H39N3. The molecule has 0 saturated heterocycles. The van der Waals surface area contributed by atoms with Crippen LogP contribution >= 0.6 is 0 Å². The molecule has 0 amide bonds. The van der Waals surface area contributed by atoms with Crippen molar-refractivity contribution in [3.63, 3.8) is 0 Å². The lowest BCUT2D eigenvalue weighted by atomic mass is 9.86. The molecule has 0 unspecified atom stereocenters. The molecule has 6 aromatic carbocycles. The van der Waals surface area contributed by atoms with Crippen LogP contribution in [0.15, 0.2) is 127 Å². The third kappa shape index (κ3) is 4.79. The lowest BCUT2D eigenvalue weighted by molar-refractivity contribution is 0.591. The Morgan fingerprint density at radius 3 is 1.42 bits per heavy atom. The SMILES string of the molecule is CC(C)(C)c1ccc2c(c1)c1ccccc1n2-c1ccc(-c2cc(C#N)cc(-n3c4ccccc4c4cc(C(C)(C)C)ccc43)c2)cc1. The quantitative estimate of drug-likeness (QED) is 0.193. The molecule has 0 radical (unpaired) electrons. The summed E-state index contributed by atoms with van der Waals surface area (Å²) < 4.78 is 4.67. The second-order valence-electron chi connectivity index (χ2n) is 15.1. The van der Waals surface area contributed by atoms with E-state index in [1.165, 1.54) is 43.7 Å². The van der Waals surface area contributed by atoms with Gasteiger partial charge in [-0.05, 0) is 99.8 Å². The predicted octanol–water partition coefficient (Wildman–Crippen LogP) is 12.0. The Bertz CT molecular complexity index is 2570. The lowest BCUT2D eigenvalue weighted by Crippen LogP contribution is -2.10. The monoisotopic (exact) mass is 621 g/mol. The molecule has 3 nitrogen and oxygen atoms in total. The summed E-state index contributed by atoms with van der Waals surface area (Å²) in [5.41, 5.74) is 12.3. The van der Waals surface area contributed by atoms with Crippen molar-refractivity contribution in [1.29, 1.82) is 5.26 Å². The summed E-state index contributed by atoms with van der Waals surface area (Å²) in [6.45, 7) is 13.6. The predicted molar refractivity (Wildman–Crippen MR) is 203 cm³/mol. The molecular weight excluding hydrogens is 583 g/mol. The van der Waals surface area contributed by atoms with Crippen LogP contribution in [0.3, 0.4) is 0 Å². The Hall–Kier alpha value is -5.59. The van der Waals surface area contributed by atoms with Crippen LogP contribution in [0, 0.1) is 11.3 Å². The molecule has 48 heavy (non-hydrogen) atoms. The van der Waals surface area contributed by atoms with Gasteiger partial charge in [-0.3, -0.25) is 0 Å². The van der Waals surface area contributed by atoms with Crippen LogP contribution in [0.1, 0.15) is 58.2 Å². The van der Waals surface area contributed by atoms with E-state index >= 15 is 0 Å². The summed E-state index contributed by atoms with van der Waals surface area (Å²) in [6.07, 6.45) is 0. The van der Waals surface area contributed by atoms with Crippen LogP contribution in [0.4, 0.5) is 0 Å². The molecule has 3 heteroatoms. The lowest BCUT2D eigenvalue weighted by Gasteiger charge is -2.19. The van der Waals surface area contributed by atoms with E-state index in [-0.39, 0.29) is 10.8 Å². The zero-order valence-corrected chi connectivity index (χ0v) is 28.5.